The van der Waals surface area contributed by atoms with Gasteiger partial charge in [-0.05, 0) is 34.5 Å². The molecule has 4 heteroatoms. The average Bonchev–Trinajstić information content (AvgIpc) is 3.12. The molecule has 2 aromatic heterocycles. The topological polar surface area (TPSA) is 37.9 Å². The third kappa shape index (κ3) is 2.85. The third-order valence-corrected chi connectivity index (χ3v) is 3.62. The summed E-state index contributed by atoms with van der Waals surface area (Å²) in [4.78, 5) is 7.24. The van der Waals surface area contributed by atoms with E-state index in [-0.39, 0.29) is 0 Å². The molecule has 0 unspecified atom stereocenters. The number of aromatic nitrogens is 2. The van der Waals surface area contributed by atoms with Gasteiger partial charge in [0.05, 0.1) is 18.6 Å². The highest BCUT2D eigenvalue weighted by Crippen LogP contribution is 2.27. The predicted octanol–water partition coefficient (Wildman–Crippen LogP) is 3.76. The molecule has 0 aliphatic heterocycles. The number of imidazole rings is 1. The van der Waals surface area contributed by atoms with Crippen molar-refractivity contribution in [3.05, 3.63) is 59.2 Å². The lowest BCUT2D eigenvalue weighted by atomic mass is 10.1. The lowest BCUT2D eigenvalue weighted by Gasteiger charge is -2.09. The Morgan fingerprint density at radius 2 is 2.16 bits per heavy atom. The summed E-state index contributed by atoms with van der Waals surface area (Å²) in [5.41, 5.74) is 3.25. The van der Waals surface area contributed by atoms with Gasteiger partial charge >= 0.3 is 0 Å². The van der Waals surface area contributed by atoms with Gasteiger partial charge in [-0.3, -0.25) is 0 Å². The zero-order valence-electron chi connectivity index (χ0n) is 10.4. The molecule has 0 aliphatic carbocycles. The Bertz CT molecular complexity index is 617. The van der Waals surface area contributed by atoms with Crippen molar-refractivity contribution in [2.24, 2.45) is 0 Å². The minimum absolute atomic E-state index is 0.679. The summed E-state index contributed by atoms with van der Waals surface area (Å²) in [6.07, 6.45) is 4.48. The number of nitrogens with one attached hydrogen (secondary N) is 1. The molecule has 1 aromatic carbocycles. The Morgan fingerprint density at radius 3 is 2.95 bits per heavy atom. The Hall–Kier alpha value is -2.07. The fourth-order valence-corrected chi connectivity index (χ4v) is 2.63. The summed E-state index contributed by atoms with van der Waals surface area (Å²) in [5.74, 6) is 0.879. The molecule has 19 heavy (non-hydrogen) atoms. The summed E-state index contributed by atoms with van der Waals surface area (Å²) >= 11 is 1.72. The van der Waals surface area contributed by atoms with Crippen molar-refractivity contribution in [3.8, 4) is 17.0 Å². The van der Waals surface area contributed by atoms with Crippen molar-refractivity contribution in [2.75, 3.05) is 6.61 Å². The maximum absolute atomic E-state index is 5.88. The van der Waals surface area contributed by atoms with Crippen molar-refractivity contribution >= 4 is 11.3 Å². The summed E-state index contributed by atoms with van der Waals surface area (Å²) in [6, 6.07) is 10.1. The molecule has 3 aromatic rings. The van der Waals surface area contributed by atoms with E-state index in [4.69, 9.17) is 4.74 Å². The van der Waals surface area contributed by atoms with E-state index in [1.807, 2.05) is 30.5 Å². The van der Waals surface area contributed by atoms with Crippen molar-refractivity contribution in [2.45, 2.75) is 6.42 Å². The van der Waals surface area contributed by atoms with Gasteiger partial charge in [0.1, 0.15) is 5.75 Å². The first-order valence-corrected chi connectivity index (χ1v) is 7.10. The summed E-state index contributed by atoms with van der Waals surface area (Å²) < 4.78 is 5.88. The van der Waals surface area contributed by atoms with Crippen LogP contribution >= 0.6 is 11.3 Å². The number of hydrogen-bond donors (Lipinski definition) is 1. The number of benzene rings is 1. The molecule has 2 heterocycles. The monoisotopic (exact) mass is 270 g/mol. The van der Waals surface area contributed by atoms with Gasteiger partial charge in [0.15, 0.2) is 0 Å². The number of para-hydroxylation sites is 1. The first-order valence-electron chi connectivity index (χ1n) is 6.15. The molecule has 3 rings (SSSR count). The van der Waals surface area contributed by atoms with Crippen LogP contribution in [0.4, 0.5) is 0 Å². The zero-order chi connectivity index (χ0) is 12.9. The molecule has 0 atom stereocenters. The van der Waals surface area contributed by atoms with E-state index in [0.717, 1.165) is 23.4 Å². The molecule has 0 fully saturated rings. The van der Waals surface area contributed by atoms with E-state index < -0.39 is 0 Å². The molecular weight excluding hydrogens is 256 g/mol. The highest BCUT2D eigenvalue weighted by atomic mass is 32.1. The van der Waals surface area contributed by atoms with Crippen LogP contribution in [-0.2, 0) is 6.42 Å². The number of nitrogens with zero attached hydrogens (tertiary/aromatic N) is 1. The summed E-state index contributed by atoms with van der Waals surface area (Å²) in [6.45, 7) is 0.679. The molecule has 0 spiro atoms. The second-order valence-electron chi connectivity index (χ2n) is 4.18. The second kappa shape index (κ2) is 5.71. The molecule has 0 bridgehead atoms. The summed E-state index contributed by atoms with van der Waals surface area (Å²) in [7, 11) is 0. The average molecular weight is 270 g/mol. The molecule has 0 radical (unpaired) electrons. The Kier molecular flexibility index (Phi) is 3.61. The minimum atomic E-state index is 0.679. The standard InChI is InChI=1S/C15H14N2OS/c1-2-4-15(13(3-1)14-9-16-11-17-14)18-7-5-12-6-8-19-10-12/h1-4,6,8-11H,5,7H2,(H,16,17). The largest absolute Gasteiger partial charge is 0.493 e. The quantitative estimate of drug-likeness (QED) is 0.766. The van der Waals surface area contributed by atoms with Crippen LogP contribution in [0.15, 0.2) is 53.6 Å². The van der Waals surface area contributed by atoms with Gasteiger partial charge in [0.2, 0.25) is 0 Å². The molecule has 3 nitrogen and oxygen atoms in total. The fraction of sp³-hybridized carbons (Fsp3) is 0.133. The van der Waals surface area contributed by atoms with Crippen LogP contribution < -0.4 is 4.74 Å². The molecular formula is C15H14N2OS. The zero-order valence-corrected chi connectivity index (χ0v) is 11.2. The number of thiophene rings is 1. The molecule has 0 saturated carbocycles. The first-order chi connectivity index (χ1) is 9.43. The summed E-state index contributed by atoms with van der Waals surface area (Å²) in [5, 5.41) is 4.25. The van der Waals surface area contributed by atoms with Gasteiger partial charge in [0, 0.05) is 18.2 Å². The fourth-order valence-electron chi connectivity index (χ4n) is 1.93. The number of hydrogen-bond acceptors (Lipinski definition) is 3. The maximum Gasteiger partial charge on any atom is 0.128 e. The van der Waals surface area contributed by atoms with Gasteiger partial charge in [-0.15, -0.1) is 0 Å². The van der Waals surface area contributed by atoms with Crippen LogP contribution in [0.1, 0.15) is 5.56 Å². The van der Waals surface area contributed by atoms with E-state index in [9.17, 15) is 0 Å². The third-order valence-electron chi connectivity index (χ3n) is 2.89. The van der Waals surface area contributed by atoms with Gasteiger partial charge in [0.25, 0.3) is 0 Å². The van der Waals surface area contributed by atoms with Crippen molar-refractivity contribution in [1.82, 2.24) is 9.97 Å². The lowest BCUT2D eigenvalue weighted by Crippen LogP contribution is -2.01. The second-order valence-corrected chi connectivity index (χ2v) is 4.96. The van der Waals surface area contributed by atoms with Crippen LogP contribution in [0, 0.1) is 0 Å². The number of H-pyrrole nitrogens is 1. The van der Waals surface area contributed by atoms with Crippen LogP contribution in [0.2, 0.25) is 0 Å². The number of aromatic amines is 1. The maximum atomic E-state index is 5.88. The molecule has 0 saturated heterocycles. The van der Waals surface area contributed by atoms with Gasteiger partial charge in [-0.2, -0.15) is 11.3 Å². The van der Waals surface area contributed by atoms with Crippen LogP contribution in [0.5, 0.6) is 5.75 Å². The Labute approximate surface area is 115 Å². The number of rotatable bonds is 5. The molecule has 1 N–H and O–H groups in total. The van der Waals surface area contributed by atoms with E-state index in [1.165, 1.54) is 5.56 Å². The molecule has 0 aliphatic rings. The minimum Gasteiger partial charge on any atom is -0.493 e. The smallest absolute Gasteiger partial charge is 0.128 e. The van der Waals surface area contributed by atoms with Crippen LogP contribution in [0.25, 0.3) is 11.3 Å². The van der Waals surface area contributed by atoms with Crippen molar-refractivity contribution < 1.29 is 4.74 Å². The first kappa shape index (κ1) is 12.0. The van der Waals surface area contributed by atoms with Gasteiger partial charge in [-0.25, -0.2) is 4.98 Å². The Morgan fingerprint density at radius 1 is 1.21 bits per heavy atom. The highest BCUT2D eigenvalue weighted by Gasteiger charge is 2.07. The Balaban J connectivity index is 1.71. The predicted molar refractivity (Wildman–Crippen MR) is 77.5 cm³/mol. The highest BCUT2D eigenvalue weighted by molar-refractivity contribution is 7.07. The van der Waals surface area contributed by atoms with Crippen molar-refractivity contribution in [3.63, 3.8) is 0 Å². The van der Waals surface area contributed by atoms with Crippen LogP contribution in [-0.4, -0.2) is 16.6 Å². The normalized spacial score (nSPS) is 10.5. The van der Waals surface area contributed by atoms with Gasteiger partial charge < -0.3 is 9.72 Å². The lowest BCUT2D eigenvalue weighted by molar-refractivity contribution is 0.323. The van der Waals surface area contributed by atoms with E-state index in [0.29, 0.717) is 6.61 Å². The van der Waals surface area contributed by atoms with Crippen molar-refractivity contribution in [1.29, 1.82) is 0 Å². The van der Waals surface area contributed by atoms with E-state index in [2.05, 4.69) is 26.8 Å². The molecule has 0 amide bonds. The van der Waals surface area contributed by atoms with Gasteiger partial charge in [-0.1, -0.05) is 12.1 Å². The number of ether oxygens (including phenoxy) is 1. The van der Waals surface area contributed by atoms with E-state index in [1.54, 1.807) is 17.7 Å². The van der Waals surface area contributed by atoms with Crippen LogP contribution in [0.3, 0.4) is 0 Å². The van der Waals surface area contributed by atoms with E-state index >= 15 is 0 Å². The molecule has 96 valence electrons. The SMILES string of the molecule is c1ccc(-c2c[nH]cn2)c(OCCc2ccsc2)c1.